The Morgan fingerprint density at radius 2 is 1.96 bits per heavy atom. The van der Waals surface area contributed by atoms with Gasteiger partial charge in [0.1, 0.15) is 5.75 Å². The van der Waals surface area contributed by atoms with E-state index < -0.39 is 0 Å². The molecule has 2 aromatic rings. The number of hydrogen-bond acceptors (Lipinski definition) is 8. The van der Waals surface area contributed by atoms with Crippen molar-refractivity contribution in [2.75, 3.05) is 17.7 Å². The van der Waals surface area contributed by atoms with E-state index in [1.165, 1.54) is 23.1 Å². The predicted octanol–water partition coefficient (Wildman–Crippen LogP) is 3.23. The summed E-state index contributed by atoms with van der Waals surface area (Å²) < 4.78 is 11.0. The maximum absolute atomic E-state index is 12.2. The Morgan fingerprint density at radius 1 is 1.24 bits per heavy atom. The smallest absolute Gasteiger partial charge is 0.316 e. The van der Waals surface area contributed by atoms with Crippen LogP contribution < -0.4 is 10.1 Å². The van der Waals surface area contributed by atoms with Gasteiger partial charge in [-0.25, -0.2) is 0 Å². The van der Waals surface area contributed by atoms with Crippen molar-refractivity contribution in [3.63, 3.8) is 0 Å². The average Bonchev–Trinajstić information content (AvgIpc) is 3.01. The lowest BCUT2D eigenvalue weighted by atomic mass is 10.2. The van der Waals surface area contributed by atoms with Gasteiger partial charge in [0.2, 0.25) is 5.13 Å². The number of nitrogens with one attached hydrogen (secondary N) is 1. The van der Waals surface area contributed by atoms with Crippen LogP contribution in [0.25, 0.3) is 0 Å². The van der Waals surface area contributed by atoms with Crippen molar-refractivity contribution in [3.8, 4) is 5.75 Å². The first-order valence-corrected chi connectivity index (χ1v) is 9.48. The Kier molecular flexibility index (Phi) is 7.20. The van der Waals surface area contributed by atoms with Crippen LogP contribution in [0.1, 0.15) is 31.1 Å². The van der Waals surface area contributed by atoms with Crippen LogP contribution in [0.3, 0.4) is 0 Å². The summed E-state index contributed by atoms with van der Waals surface area (Å²) in [5.74, 6) is 0.277. The lowest BCUT2D eigenvalue weighted by Gasteiger charge is -2.09. The molecule has 0 aliphatic rings. The van der Waals surface area contributed by atoms with Crippen molar-refractivity contribution in [1.82, 2.24) is 10.2 Å². The van der Waals surface area contributed by atoms with Crippen LogP contribution in [0.2, 0.25) is 0 Å². The first-order chi connectivity index (χ1) is 12.0. The SMILES string of the molecule is CCOC(=O)CSc1nnc(NC(=O)c2ccc(OC(C)C)cc2)s1. The van der Waals surface area contributed by atoms with Gasteiger partial charge in [0, 0.05) is 5.56 Å². The Hall–Kier alpha value is -2.13. The van der Waals surface area contributed by atoms with Crippen LogP contribution in [-0.2, 0) is 9.53 Å². The average molecular weight is 381 g/mol. The zero-order valence-corrected chi connectivity index (χ0v) is 15.8. The number of aromatic nitrogens is 2. The van der Waals surface area contributed by atoms with Crippen molar-refractivity contribution in [3.05, 3.63) is 29.8 Å². The number of carbonyl (C=O) groups excluding carboxylic acids is 2. The van der Waals surface area contributed by atoms with E-state index >= 15 is 0 Å². The van der Waals surface area contributed by atoms with Gasteiger partial charge >= 0.3 is 5.97 Å². The highest BCUT2D eigenvalue weighted by Gasteiger charge is 2.12. The highest BCUT2D eigenvalue weighted by atomic mass is 32.2. The van der Waals surface area contributed by atoms with Crippen LogP contribution >= 0.6 is 23.1 Å². The van der Waals surface area contributed by atoms with Crippen molar-refractivity contribution < 1.29 is 19.1 Å². The minimum Gasteiger partial charge on any atom is -0.491 e. The lowest BCUT2D eigenvalue weighted by molar-refractivity contribution is -0.139. The van der Waals surface area contributed by atoms with E-state index in [1.807, 2.05) is 13.8 Å². The summed E-state index contributed by atoms with van der Waals surface area (Å²) in [6.07, 6.45) is 0.0756. The molecule has 2 rings (SSSR count). The fourth-order valence-electron chi connectivity index (χ4n) is 1.77. The maximum atomic E-state index is 12.2. The summed E-state index contributed by atoms with van der Waals surface area (Å²) in [4.78, 5) is 23.5. The third-order valence-electron chi connectivity index (χ3n) is 2.73. The van der Waals surface area contributed by atoms with E-state index in [0.717, 1.165) is 0 Å². The number of carbonyl (C=O) groups is 2. The van der Waals surface area contributed by atoms with Crippen molar-refractivity contribution in [2.24, 2.45) is 0 Å². The molecular weight excluding hydrogens is 362 g/mol. The third kappa shape index (κ3) is 6.35. The normalized spacial score (nSPS) is 10.6. The fraction of sp³-hybridized carbons (Fsp3) is 0.375. The number of benzene rings is 1. The van der Waals surface area contributed by atoms with Crippen LogP contribution in [0, 0.1) is 0 Å². The molecule has 0 radical (unpaired) electrons. The van der Waals surface area contributed by atoms with E-state index in [2.05, 4.69) is 15.5 Å². The molecule has 0 saturated carbocycles. The molecule has 0 fully saturated rings. The number of esters is 1. The number of ether oxygens (including phenoxy) is 2. The van der Waals surface area contributed by atoms with Gasteiger partial charge in [-0.1, -0.05) is 23.1 Å². The molecule has 1 heterocycles. The highest BCUT2D eigenvalue weighted by molar-refractivity contribution is 8.01. The monoisotopic (exact) mass is 381 g/mol. The summed E-state index contributed by atoms with van der Waals surface area (Å²) in [5.41, 5.74) is 0.493. The van der Waals surface area contributed by atoms with Crippen molar-refractivity contribution >= 4 is 40.1 Å². The maximum Gasteiger partial charge on any atom is 0.316 e. The van der Waals surface area contributed by atoms with Crippen LogP contribution in [-0.4, -0.2) is 40.5 Å². The highest BCUT2D eigenvalue weighted by Crippen LogP contribution is 2.26. The largest absolute Gasteiger partial charge is 0.491 e. The second kappa shape index (κ2) is 9.38. The van der Waals surface area contributed by atoms with Gasteiger partial charge in [0.25, 0.3) is 5.91 Å². The number of thioether (sulfide) groups is 1. The molecule has 0 saturated heterocycles. The lowest BCUT2D eigenvalue weighted by Crippen LogP contribution is -2.12. The number of hydrogen-bond donors (Lipinski definition) is 1. The molecule has 0 unspecified atom stereocenters. The van der Waals surface area contributed by atoms with E-state index in [9.17, 15) is 9.59 Å². The van der Waals surface area contributed by atoms with Gasteiger partial charge in [-0.05, 0) is 45.0 Å². The Balaban J connectivity index is 1.89. The van der Waals surface area contributed by atoms with Gasteiger partial charge in [-0.2, -0.15) is 0 Å². The van der Waals surface area contributed by atoms with Crippen LogP contribution in [0.5, 0.6) is 5.75 Å². The van der Waals surface area contributed by atoms with Crippen LogP contribution in [0.4, 0.5) is 5.13 Å². The fourth-order valence-corrected chi connectivity index (χ4v) is 3.31. The number of anilines is 1. The molecule has 0 spiro atoms. The van der Waals surface area contributed by atoms with Gasteiger partial charge in [0.05, 0.1) is 18.5 Å². The molecule has 1 N–H and O–H groups in total. The molecule has 0 aliphatic heterocycles. The summed E-state index contributed by atoms with van der Waals surface area (Å²) >= 11 is 2.43. The number of nitrogens with zero attached hydrogens (tertiary/aromatic N) is 2. The predicted molar refractivity (Wildman–Crippen MR) is 97.4 cm³/mol. The van der Waals surface area contributed by atoms with Gasteiger partial charge in [0.15, 0.2) is 4.34 Å². The van der Waals surface area contributed by atoms with E-state index in [1.54, 1.807) is 31.2 Å². The second-order valence-electron chi connectivity index (χ2n) is 5.11. The molecule has 0 aliphatic carbocycles. The molecular formula is C16H19N3O4S2. The third-order valence-corrected chi connectivity index (χ3v) is 4.68. The molecule has 1 amide bonds. The van der Waals surface area contributed by atoms with Crippen molar-refractivity contribution in [2.45, 2.75) is 31.2 Å². The molecule has 0 atom stereocenters. The van der Waals surface area contributed by atoms with Crippen molar-refractivity contribution in [1.29, 1.82) is 0 Å². The number of rotatable bonds is 8. The first kappa shape index (κ1) is 19.2. The molecule has 134 valence electrons. The summed E-state index contributed by atoms with van der Waals surface area (Å²) in [7, 11) is 0. The van der Waals surface area contributed by atoms with Gasteiger partial charge in [-0.15, -0.1) is 10.2 Å². The molecule has 25 heavy (non-hydrogen) atoms. The number of amides is 1. The van der Waals surface area contributed by atoms with Gasteiger partial charge in [-0.3, -0.25) is 14.9 Å². The molecule has 0 bridgehead atoms. The van der Waals surface area contributed by atoms with Crippen LogP contribution in [0.15, 0.2) is 28.6 Å². The topological polar surface area (TPSA) is 90.4 Å². The zero-order chi connectivity index (χ0) is 18.2. The van der Waals surface area contributed by atoms with Gasteiger partial charge < -0.3 is 9.47 Å². The molecule has 9 heteroatoms. The second-order valence-corrected chi connectivity index (χ2v) is 7.31. The molecule has 1 aromatic heterocycles. The van der Waals surface area contributed by atoms with E-state index in [4.69, 9.17) is 9.47 Å². The Labute approximate surface area is 154 Å². The van der Waals surface area contributed by atoms with E-state index in [-0.39, 0.29) is 23.7 Å². The minimum atomic E-state index is -0.308. The van der Waals surface area contributed by atoms with E-state index in [0.29, 0.717) is 27.4 Å². The summed E-state index contributed by atoms with van der Waals surface area (Å²) in [6.45, 7) is 5.97. The Morgan fingerprint density at radius 3 is 2.60 bits per heavy atom. The summed E-state index contributed by atoms with van der Waals surface area (Å²) in [5, 5.41) is 10.9. The first-order valence-electron chi connectivity index (χ1n) is 7.68. The standard InChI is InChI=1S/C16H19N3O4S2/c1-4-22-13(20)9-24-16-19-18-15(25-16)17-14(21)11-5-7-12(8-6-11)23-10(2)3/h5-8,10H,4,9H2,1-3H3,(H,17,18,21). The molecule has 7 nitrogen and oxygen atoms in total. The quantitative estimate of drug-likeness (QED) is 0.426. The Bertz CT molecular complexity index is 716. The molecule has 1 aromatic carbocycles. The minimum absolute atomic E-state index is 0.0756. The zero-order valence-electron chi connectivity index (χ0n) is 14.1. The summed E-state index contributed by atoms with van der Waals surface area (Å²) in [6, 6.07) is 6.86.